The van der Waals surface area contributed by atoms with Gasteiger partial charge in [-0.2, -0.15) is 0 Å². The van der Waals surface area contributed by atoms with E-state index in [0.717, 1.165) is 19.4 Å². The summed E-state index contributed by atoms with van der Waals surface area (Å²) in [6, 6.07) is -0.268. The van der Waals surface area contributed by atoms with Crippen LogP contribution in [0.25, 0.3) is 0 Å². The minimum absolute atomic E-state index is 0.0142. The first-order chi connectivity index (χ1) is 8.06. The highest BCUT2D eigenvalue weighted by Gasteiger charge is 2.32. The molecule has 1 fully saturated rings. The lowest BCUT2D eigenvalue weighted by atomic mass is 10.1. The van der Waals surface area contributed by atoms with Crippen molar-refractivity contribution in [2.45, 2.75) is 32.2 Å². The first kappa shape index (κ1) is 14.0. The molecule has 0 aromatic rings. The fraction of sp³-hybridized carbons (Fsp3) is 0.833. The summed E-state index contributed by atoms with van der Waals surface area (Å²) in [4.78, 5) is 27.2. The first-order valence-electron chi connectivity index (χ1n) is 6.28. The lowest BCUT2D eigenvalue weighted by Crippen LogP contribution is -2.58. The van der Waals surface area contributed by atoms with Crippen LogP contribution in [-0.2, 0) is 9.59 Å². The molecule has 0 saturated carbocycles. The summed E-state index contributed by atoms with van der Waals surface area (Å²) < 4.78 is 0. The molecule has 2 amide bonds. The Kier molecular flexibility index (Phi) is 5.41. The number of hydrogen-bond donors (Lipinski definition) is 1. The molecule has 1 atom stereocenters. The van der Waals surface area contributed by atoms with E-state index in [1.165, 1.54) is 0 Å². The topological polar surface area (TPSA) is 52.7 Å². The summed E-state index contributed by atoms with van der Waals surface area (Å²) in [6.45, 7) is 3.81. The summed E-state index contributed by atoms with van der Waals surface area (Å²) in [6.07, 6.45) is 2.69. The fourth-order valence-corrected chi connectivity index (χ4v) is 2.09. The number of carbonyl (C=O) groups is 2. The molecule has 0 aromatic carbocycles. The average molecular weight is 241 g/mol. The number of rotatable bonds is 6. The van der Waals surface area contributed by atoms with Crippen molar-refractivity contribution < 1.29 is 9.59 Å². The molecule has 5 nitrogen and oxygen atoms in total. The predicted octanol–water partition coefficient (Wildman–Crippen LogP) is 0.0652. The quantitative estimate of drug-likeness (QED) is 0.669. The zero-order valence-corrected chi connectivity index (χ0v) is 11.0. The van der Waals surface area contributed by atoms with E-state index in [-0.39, 0.29) is 24.4 Å². The summed E-state index contributed by atoms with van der Waals surface area (Å²) in [5, 5.41) is 2.63. The lowest BCUT2D eigenvalue weighted by Gasteiger charge is -2.34. The van der Waals surface area contributed by atoms with Gasteiger partial charge in [0.15, 0.2) is 0 Å². The van der Waals surface area contributed by atoms with Crippen molar-refractivity contribution in [1.82, 2.24) is 15.1 Å². The van der Waals surface area contributed by atoms with Crippen molar-refractivity contribution in [2.75, 3.05) is 33.7 Å². The SMILES string of the molecule is CCC1C(=O)NCC(=O)N1CCCCN(C)C. The van der Waals surface area contributed by atoms with Crippen molar-refractivity contribution in [1.29, 1.82) is 0 Å². The Labute approximate surface area is 103 Å². The van der Waals surface area contributed by atoms with E-state index >= 15 is 0 Å². The molecule has 5 heteroatoms. The molecule has 1 heterocycles. The molecular weight excluding hydrogens is 218 g/mol. The molecular formula is C12H23N3O2. The molecule has 0 aromatic heterocycles. The number of nitrogens with one attached hydrogen (secondary N) is 1. The molecule has 0 bridgehead atoms. The number of hydrogen-bond acceptors (Lipinski definition) is 3. The third-order valence-corrected chi connectivity index (χ3v) is 3.05. The van der Waals surface area contributed by atoms with Gasteiger partial charge < -0.3 is 15.1 Å². The van der Waals surface area contributed by atoms with Crippen LogP contribution in [0.4, 0.5) is 0 Å². The molecule has 1 aliphatic heterocycles. The van der Waals surface area contributed by atoms with Gasteiger partial charge in [0, 0.05) is 6.54 Å². The van der Waals surface area contributed by atoms with E-state index in [0.29, 0.717) is 13.0 Å². The van der Waals surface area contributed by atoms with Crippen molar-refractivity contribution in [2.24, 2.45) is 0 Å². The maximum atomic E-state index is 11.7. The highest BCUT2D eigenvalue weighted by Crippen LogP contribution is 2.10. The van der Waals surface area contributed by atoms with Crippen LogP contribution < -0.4 is 5.32 Å². The van der Waals surface area contributed by atoms with Crippen molar-refractivity contribution >= 4 is 11.8 Å². The molecule has 0 spiro atoms. The van der Waals surface area contributed by atoms with Crippen molar-refractivity contribution in [3.8, 4) is 0 Å². The van der Waals surface area contributed by atoms with Gasteiger partial charge >= 0.3 is 0 Å². The van der Waals surface area contributed by atoms with Crippen LogP contribution in [0.1, 0.15) is 26.2 Å². The summed E-state index contributed by atoms with van der Waals surface area (Å²) in [5.41, 5.74) is 0. The zero-order valence-electron chi connectivity index (χ0n) is 11.0. The van der Waals surface area contributed by atoms with Gasteiger partial charge in [-0.3, -0.25) is 9.59 Å². The molecule has 98 valence electrons. The second kappa shape index (κ2) is 6.59. The number of nitrogens with zero attached hydrogens (tertiary/aromatic N) is 2. The van der Waals surface area contributed by atoms with Gasteiger partial charge in [-0.05, 0) is 39.9 Å². The number of amides is 2. The Bertz CT molecular complexity index is 279. The van der Waals surface area contributed by atoms with Crippen LogP contribution in [0.15, 0.2) is 0 Å². The number of unbranched alkanes of at least 4 members (excludes halogenated alkanes) is 1. The number of carbonyl (C=O) groups excluding carboxylic acids is 2. The molecule has 1 aliphatic rings. The Hall–Kier alpha value is -1.10. The zero-order chi connectivity index (χ0) is 12.8. The maximum absolute atomic E-state index is 11.7. The van der Waals surface area contributed by atoms with Crippen LogP contribution in [0, 0.1) is 0 Å². The monoisotopic (exact) mass is 241 g/mol. The normalized spacial score (nSPS) is 20.9. The lowest BCUT2D eigenvalue weighted by molar-refractivity contribution is -0.145. The van der Waals surface area contributed by atoms with E-state index in [9.17, 15) is 9.59 Å². The maximum Gasteiger partial charge on any atom is 0.243 e. The molecule has 1 unspecified atom stereocenters. The predicted molar refractivity (Wildman–Crippen MR) is 66.6 cm³/mol. The smallest absolute Gasteiger partial charge is 0.243 e. The van der Waals surface area contributed by atoms with Gasteiger partial charge in [0.1, 0.15) is 6.04 Å². The standard InChI is InChI=1S/C12H23N3O2/c1-4-10-12(17)13-9-11(16)15(10)8-6-5-7-14(2)3/h10H,4-9H2,1-3H3,(H,13,17). The van der Waals surface area contributed by atoms with Gasteiger partial charge in [-0.1, -0.05) is 6.92 Å². The van der Waals surface area contributed by atoms with E-state index in [4.69, 9.17) is 0 Å². The first-order valence-corrected chi connectivity index (χ1v) is 6.28. The van der Waals surface area contributed by atoms with Crippen LogP contribution in [0.3, 0.4) is 0 Å². The van der Waals surface area contributed by atoms with E-state index in [1.54, 1.807) is 4.90 Å². The van der Waals surface area contributed by atoms with Crippen LogP contribution in [-0.4, -0.2) is 61.4 Å². The highest BCUT2D eigenvalue weighted by atomic mass is 16.2. The Morgan fingerprint density at radius 2 is 2.06 bits per heavy atom. The van der Waals surface area contributed by atoms with Crippen LogP contribution in [0.2, 0.25) is 0 Å². The van der Waals surface area contributed by atoms with Crippen LogP contribution in [0.5, 0.6) is 0 Å². The Balaban J connectivity index is 2.42. The third-order valence-electron chi connectivity index (χ3n) is 3.05. The molecule has 1 saturated heterocycles. The molecule has 1 N–H and O–H groups in total. The van der Waals surface area contributed by atoms with Gasteiger partial charge in [0.2, 0.25) is 11.8 Å². The average Bonchev–Trinajstić information content (AvgIpc) is 2.28. The largest absolute Gasteiger partial charge is 0.345 e. The van der Waals surface area contributed by atoms with Crippen LogP contribution >= 0.6 is 0 Å². The number of piperazine rings is 1. The van der Waals surface area contributed by atoms with Gasteiger partial charge in [-0.25, -0.2) is 0 Å². The molecule has 0 aliphatic carbocycles. The molecule has 0 radical (unpaired) electrons. The van der Waals surface area contributed by atoms with Crippen molar-refractivity contribution in [3.05, 3.63) is 0 Å². The summed E-state index contributed by atoms with van der Waals surface area (Å²) in [5.74, 6) is 0.0287. The highest BCUT2D eigenvalue weighted by molar-refractivity contribution is 5.94. The van der Waals surface area contributed by atoms with Gasteiger partial charge in [0.05, 0.1) is 6.54 Å². The van der Waals surface area contributed by atoms with Gasteiger partial charge in [0.25, 0.3) is 0 Å². The van der Waals surface area contributed by atoms with E-state index in [1.807, 2.05) is 21.0 Å². The van der Waals surface area contributed by atoms with E-state index < -0.39 is 0 Å². The second-order valence-corrected chi connectivity index (χ2v) is 4.74. The summed E-state index contributed by atoms with van der Waals surface area (Å²) >= 11 is 0. The van der Waals surface area contributed by atoms with Crippen molar-refractivity contribution in [3.63, 3.8) is 0 Å². The fourth-order valence-electron chi connectivity index (χ4n) is 2.09. The molecule has 17 heavy (non-hydrogen) atoms. The Morgan fingerprint density at radius 3 is 2.65 bits per heavy atom. The second-order valence-electron chi connectivity index (χ2n) is 4.74. The van der Waals surface area contributed by atoms with Gasteiger partial charge in [-0.15, -0.1) is 0 Å². The Morgan fingerprint density at radius 1 is 1.35 bits per heavy atom. The third kappa shape index (κ3) is 4.00. The summed E-state index contributed by atoms with van der Waals surface area (Å²) in [7, 11) is 4.07. The minimum atomic E-state index is -0.268. The van der Waals surface area contributed by atoms with E-state index in [2.05, 4.69) is 10.2 Å². The molecule has 1 rings (SSSR count). The minimum Gasteiger partial charge on any atom is -0.345 e.